The fourth-order valence-electron chi connectivity index (χ4n) is 5.14. The predicted molar refractivity (Wildman–Crippen MR) is 122 cm³/mol. The summed E-state index contributed by atoms with van der Waals surface area (Å²) >= 11 is 0. The van der Waals surface area contributed by atoms with Crippen LogP contribution in [0.15, 0.2) is 54.6 Å². The maximum Gasteiger partial charge on any atom is 0.261 e. The van der Waals surface area contributed by atoms with Gasteiger partial charge in [-0.2, -0.15) is 0 Å². The maximum atomic E-state index is 13.9. The highest BCUT2D eigenvalue weighted by Gasteiger charge is 2.33. The van der Waals surface area contributed by atoms with Crippen LogP contribution in [-0.2, 0) is 11.2 Å². The summed E-state index contributed by atoms with van der Waals surface area (Å²) in [6.45, 7) is 1.53. The second-order valence-corrected chi connectivity index (χ2v) is 8.60. The summed E-state index contributed by atoms with van der Waals surface area (Å²) in [5.41, 5.74) is 2.54. The van der Waals surface area contributed by atoms with Gasteiger partial charge in [-0.15, -0.1) is 0 Å². The molecule has 0 saturated carbocycles. The number of imidazole rings is 1. The maximum absolute atomic E-state index is 13.9. The van der Waals surface area contributed by atoms with E-state index in [-0.39, 0.29) is 30.2 Å². The van der Waals surface area contributed by atoms with Crippen LogP contribution in [0.25, 0.3) is 21.8 Å². The van der Waals surface area contributed by atoms with Gasteiger partial charge in [-0.1, -0.05) is 24.3 Å². The molecule has 0 aliphatic carbocycles. The molecule has 1 fully saturated rings. The zero-order valence-electron chi connectivity index (χ0n) is 18.0. The molecule has 0 N–H and O–H groups in total. The van der Waals surface area contributed by atoms with E-state index in [0.29, 0.717) is 36.3 Å². The Kier molecular flexibility index (Phi) is 4.73. The zero-order valence-corrected chi connectivity index (χ0v) is 18.0. The van der Waals surface area contributed by atoms with E-state index in [2.05, 4.69) is 4.57 Å². The lowest BCUT2D eigenvalue weighted by Crippen LogP contribution is -2.41. The summed E-state index contributed by atoms with van der Waals surface area (Å²) in [7, 11) is 0. The summed E-state index contributed by atoms with van der Waals surface area (Å²) in [6, 6.07) is 15.9. The molecule has 4 aromatic rings. The second-order valence-electron chi connectivity index (χ2n) is 8.60. The van der Waals surface area contributed by atoms with E-state index in [1.807, 2.05) is 24.3 Å². The highest BCUT2D eigenvalue weighted by atomic mass is 19.1. The lowest BCUT2D eigenvalue weighted by atomic mass is 9.94. The second kappa shape index (κ2) is 7.78. The summed E-state index contributed by atoms with van der Waals surface area (Å²) < 4.78 is 21.5. The number of benzene rings is 3. The highest BCUT2D eigenvalue weighted by molar-refractivity contribution is 6.25. The van der Waals surface area contributed by atoms with Crippen molar-refractivity contribution in [1.82, 2.24) is 14.5 Å². The van der Waals surface area contributed by atoms with Gasteiger partial charge in [0.25, 0.3) is 11.8 Å². The SMILES string of the molecule is O=C1c2cccc3cccc(c23)C(=O)N1CCc1nc2cc(F)ccc2n1C1CCOCC1. The van der Waals surface area contributed by atoms with Crippen molar-refractivity contribution in [2.24, 2.45) is 0 Å². The van der Waals surface area contributed by atoms with Crippen LogP contribution in [0.5, 0.6) is 0 Å². The van der Waals surface area contributed by atoms with E-state index in [0.717, 1.165) is 35.0 Å². The van der Waals surface area contributed by atoms with Gasteiger partial charge in [0.15, 0.2) is 0 Å². The first-order chi connectivity index (χ1) is 16.1. The van der Waals surface area contributed by atoms with E-state index in [9.17, 15) is 14.0 Å². The van der Waals surface area contributed by atoms with E-state index < -0.39 is 0 Å². The van der Waals surface area contributed by atoms with Crippen LogP contribution in [0.4, 0.5) is 4.39 Å². The van der Waals surface area contributed by atoms with Crippen LogP contribution in [0.1, 0.15) is 45.4 Å². The minimum atomic E-state index is -0.336. The molecule has 7 heteroatoms. The number of fused-ring (bicyclic) bond motifs is 1. The third-order valence-electron chi connectivity index (χ3n) is 6.70. The molecular formula is C26H22FN3O3. The van der Waals surface area contributed by atoms with E-state index in [1.165, 1.54) is 17.0 Å². The minimum Gasteiger partial charge on any atom is -0.381 e. The number of hydrogen-bond acceptors (Lipinski definition) is 4. The fourth-order valence-corrected chi connectivity index (χ4v) is 5.14. The van der Waals surface area contributed by atoms with Crippen molar-refractivity contribution < 1.29 is 18.7 Å². The topological polar surface area (TPSA) is 64.4 Å². The average Bonchev–Trinajstić information content (AvgIpc) is 3.20. The molecule has 2 amide bonds. The highest BCUT2D eigenvalue weighted by Crippen LogP contribution is 2.31. The van der Waals surface area contributed by atoms with Gasteiger partial charge in [0, 0.05) is 54.8 Å². The van der Waals surface area contributed by atoms with Crippen LogP contribution >= 0.6 is 0 Å². The fraction of sp³-hybridized carbons (Fsp3) is 0.269. The molecule has 166 valence electrons. The average molecular weight is 443 g/mol. The molecular weight excluding hydrogens is 421 g/mol. The molecule has 0 bridgehead atoms. The molecule has 2 aliphatic heterocycles. The number of ether oxygens (including phenoxy) is 1. The number of carbonyl (C=O) groups is 2. The quantitative estimate of drug-likeness (QED) is 0.435. The Labute approximate surface area is 189 Å². The molecule has 6 rings (SSSR count). The lowest BCUT2D eigenvalue weighted by molar-refractivity contribution is 0.0609. The number of hydrogen-bond donors (Lipinski definition) is 0. The molecule has 3 aromatic carbocycles. The molecule has 2 aliphatic rings. The van der Waals surface area contributed by atoms with E-state index >= 15 is 0 Å². The number of imide groups is 1. The molecule has 0 spiro atoms. The van der Waals surface area contributed by atoms with Crippen molar-refractivity contribution in [1.29, 1.82) is 0 Å². The first-order valence-electron chi connectivity index (χ1n) is 11.2. The Morgan fingerprint density at radius 2 is 1.67 bits per heavy atom. The molecule has 3 heterocycles. The molecule has 6 nitrogen and oxygen atoms in total. The van der Waals surface area contributed by atoms with Gasteiger partial charge in [-0.25, -0.2) is 9.37 Å². The molecule has 0 radical (unpaired) electrons. The van der Waals surface area contributed by atoms with Crippen LogP contribution in [-0.4, -0.2) is 46.0 Å². The van der Waals surface area contributed by atoms with Crippen molar-refractivity contribution in [3.63, 3.8) is 0 Å². The Balaban J connectivity index is 1.36. The van der Waals surface area contributed by atoms with E-state index in [4.69, 9.17) is 9.72 Å². The lowest BCUT2D eigenvalue weighted by Gasteiger charge is -2.28. The molecule has 33 heavy (non-hydrogen) atoms. The van der Waals surface area contributed by atoms with Crippen LogP contribution < -0.4 is 0 Å². The van der Waals surface area contributed by atoms with Gasteiger partial charge in [-0.05, 0) is 42.5 Å². The van der Waals surface area contributed by atoms with Gasteiger partial charge in [0.1, 0.15) is 11.6 Å². The Hall–Kier alpha value is -3.58. The normalized spacial score (nSPS) is 16.8. The first-order valence-corrected chi connectivity index (χ1v) is 11.2. The standard InChI is InChI=1S/C26H22FN3O3/c27-17-7-8-22-21(15-17)28-23(30(22)18-10-13-33-14-11-18)9-12-29-25(31)19-5-1-3-16-4-2-6-20(24(16)19)26(29)32/h1-8,15,18H,9-14H2. The van der Waals surface area contributed by atoms with E-state index in [1.54, 1.807) is 18.2 Å². The molecule has 0 unspecified atom stereocenters. The number of rotatable bonds is 4. The van der Waals surface area contributed by atoms with Crippen molar-refractivity contribution in [2.45, 2.75) is 25.3 Å². The smallest absolute Gasteiger partial charge is 0.261 e. The minimum absolute atomic E-state index is 0.187. The van der Waals surface area contributed by atoms with Gasteiger partial charge in [0.2, 0.25) is 0 Å². The van der Waals surface area contributed by atoms with Gasteiger partial charge in [-0.3, -0.25) is 14.5 Å². The first kappa shape index (κ1) is 20.1. The number of amides is 2. The number of aromatic nitrogens is 2. The predicted octanol–water partition coefficient (Wildman–Crippen LogP) is 4.52. The zero-order chi connectivity index (χ0) is 22.5. The van der Waals surface area contributed by atoms with Crippen molar-refractivity contribution in [3.05, 3.63) is 77.4 Å². The number of nitrogens with zero attached hydrogens (tertiary/aromatic N) is 3. The van der Waals surface area contributed by atoms with Crippen molar-refractivity contribution in [2.75, 3.05) is 19.8 Å². The third kappa shape index (κ3) is 3.23. The van der Waals surface area contributed by atoms with Crippen molar-refractivity contribution in [3.8, 4) is 0 Å². The summed E-state index contributed by atoms with van der Waals surface area (Å²) in [5, 5.41) is 1.60. The molecule has 0 atom stereocenters. The number of carbonyl (C=O) groups excluding carboxylic acids is 2. The monoisotopic (exact) mass is 443 g/mol. The van der Waals surface area contributed by atoms with Crippen LogP contribution in [0.3, 0.4) is 0 Å². The van der Waals surface area contributed by atoms with Crippen LogP contribution in [0, 0.1) is 5.82 Å². The Bertz CT molecular complexity index is 1370. The van der Waals surface area contributed by atoms with Gasteiger partial charge in [0.05, 0.1) is 11.0 Å². The van der Waals surface area contributed by atoms with Crippen molar-refractivity contribution >= 4 is 33.6 Å². The molecule has 1 aromatic heterocycles. The summed E-state index contributed by atoms with van der Waals surface area (Å²) in [5.74, 6) is -0.162. The Morgan fingerprint density at radius 3 is 2.36 bits per heavy atom. The third-order valence-corrected chi connectivity index (χ3v) is 6.70. The Morgan fingerprint density at radius 1 is 0.970 bits per heavy atom. The van der Waals surface area contributed by atoms with Gasteiger partial charge >= 0.3 is 0 Å². The van der Waals surface area contributed by atoms with Gasteiger partial charge < -0.3 is 9.30 Å². The molecule has 1 saturated heterocycles. The summed E-state index contributed by atoms with van der Waals surface area (Å²) in [4.78, 5) is 32.5. The number of halogens is 1. The van der Waals surface area contributed by atoms with Crippen LogP contribution in [0.2, 0.25) is 0 Å². The largest absolute Gasteiger partial charge is 0.381 e. The summed E-state index contributed by atoms with van der Waals surface area (Å²) in [6.07, 6.45) is 2.07.